The first-order chi connectivity index (χ1) is 5.85. The van der Waals surface area contributed by atoms with Crippen molar-refractivity contribution in [2.45, 2.75) is 32.6 Å². The lowest BCUT2D eigenvalue weighted by Crippen LogP contribution is -2.01. The summed E-state index contributed by atoms with van der Waals surface area (Å²) >= 11 is 3.95. The highest BCUT2D eigenvalue weighted by Gasteiger charge is 2.04. The predicted molar refractivity (Wildman–Crippen MR) is 64.4 cm³/mol. The van der Waals surface area contributed by atoms with Crippen molar-refractivity contribution >= 4 is 23.5 Å². The summed E-state index contributed by atoms with van der Waals surface area (Å²) < 4.78 is 0. The van der Waals surface area contributed by atoms with E-state index in [-0.39, 0.29) is 0 Å². The second-order valence-corrected chi connectivity index (χ2v) is 5.16. The molecule has 0 aromatic heterocycles. The predicted octanol–water partition coefficient (Wildman–Crippen LogP) is 3.91. The highest BCUT2D eigenvalue weighted by Crippen LogP contribution is 2.18. The summed E-state index contributed by atoms with van der Waals surface area (Å²) in [6.07, 6.45) is 10.0. The topological polar surface area (TPSA) is 0 Å². The molecule has 0 saturated carbocycles. The SMILES string of the molecule is CCC(CCCSC)CCSC. The van der Waals surface area contributed by atoms with Crippen LogP contribution in [0, 0.1) is 5.92 Å². The van der Waals surface area contributed by atoms with Gasteiger partial charge in [0.15, 0.2) is 0 Å². The highest BCUT2D eigenvalue weighted by molar-refractivity contribution is 7.98. The number of hydrogen-bond donors (Lipinski definition) is 0. The Labute approximate surface area is 86.3 Å². The Kier molecular flexibility index (Phi) is 10.4. The maximum atomic E-state index is 2.32. The highest BCUT2D eigenvalue weighted by atomic mass is 32.2. The van der Waals surface area contributed by atoms with Crippen molar-refractivity contribution in [2.24, 2.45) is 5.92 Å². The third kappa shape index (κ3) is 7.35. The van der Waals surface area contributed by atoms with Crippen molar-refractivity contribution in [1.29, 1.82) is 0 Å². The van der Waals surface area contributed by atoms with Gasteiger partial charge in [-0.25, -0.2) is 0 Å². The molecule has 0 aromatic carbocycles. The van der Waals surface area contributed by atoms with Crippen molar-refractivity contribution in [3.8, 4) is 0 Å². The van der Waals surface area contributed by atoms with Gasteiger partial charge in [-0.15, -0.1) is 0 Å². The summed E-state index contributed by atoms with van der Waals surface area (Å²) in [7, 11) is 0. The minimum absolute atomic E-state index is 0.990. The molecule has 0 rings (SSSR count). The van der Waals surface area contributed by atoms with E-state index in [2.05, 4.69) is 19.4 Å². The van der Waals surface area contributed by atoms with E-state index in [0.29, 0.717) is 0 Å². The van der Waals surface area contributed by atoms with Crippen LogP contribution in [-0.4, -0.2) is 24.0 Å². The smallest absolute Gasteiger partial charge is 0.00677 e. The Morgan fingerprint density at radius 3 is 2.17 bits per heavy atom. The Bertz CT molecular complexity index is 83.9. The maximum Gasteiger partial charge on any atom is -0.00677 e. The molecular weight excluding hydrogens is 184 g/mol. The Morgan fingerprint density at radius 2 is 1.67 bits per heavy atom. The first-order valence-corrected chi connectivity index (χ1v) is 7.61. The molecular formula is C10H22S2. The molecule has 0 saturated heterocycles. The monoisotopic (exact) mass is 206 g/mol. The average molecular weight is 206 g/mol. The van der Waals surface area contributed by atoms with Gasteiger partial charge in [-0.1, -0.05) is 13.3 Å². The summed E-state index contributed by atoms with van der Waals surface area (Å²) in [5.41, 5.74) is 0. The Balaban J connectivity index is 3.26. The minimum Gasteiger partial charge on any atom is -0.165 e. The van der Waals surface area contributed by atoms with Crippen LogP contribution in [0.4, 0.5) is 0 Å². The molecule has 0 aliphatic carbocycles. The molecule has 0 amide bonds. The molecule has 0 radical (unpaired) electrons. The third-order valence-corrected chi connectivity index (χ3v) is 3.61. The van der Waals surface area contributed by atoms with Crippen LogP contribution in [0.1, 0.15) is 32.6 Å². The Hall–Kier alpha value is 0.700. The van der Waals surface area contributed by atoms with Gasteiger partial charge in [0.25, 0.3) is 0 Å². The van der Waals surface area contributed by atoms with Gasteiger partial charge in [-0.2, -0.15) is 23.5 Å². The van der Waals surface area contributed by atoms with Crippen LogP contribution >= 0.6 is 23.5 Å². The molecule has 2 heteroatoms. The molecule has 0 nitrogen and oxygen atoms in total. The van der Waals surface area contributed by atoms with Crippen LogP contribution in [0.2, 0.25) is 0 Å². The van der Waals surface area contributed by atoms with Gasteiger partial charge in [0.1, 0.15) is 0 Å². The molecule has 0 aliphatic heterocycles. The number of thioether (sulfide) groups is 2. The van der Waals surface area contributed by atoms with E-state index in [1.807, 2.05) is 23.5 Å². The van der Waals surface area contributed by atoms with E-state index in [4.69, 9.17) is 0 Å². The lowest BCUT2D eigenvalue weighted by molar-refractivity contribution is 0.456. The summed E-state index contributed by atoms with van der Waals surface area (Å²) in [6, 6.07) is 0. The van der Waals surface area contributed by atoms with Crippen molar-refractivity contribution < 1.29 is 0 Å². The van der Waals surface area contributed by atoms with E-state index < -0.39 is 0 Å². The fourth-order valence-electron chi connectivity index (χ4n) is 1.35. The molecule has 0 N–H and O–H groups in total. The van der Waals surface area contributed by atoms with Crippen molar-refractivity contribution in [3.05, 3.63) is 0 Å². The third-order valence-electron chi connectivity index (χ3n) is 2.27. The molecule has 74 valence electrons. The second kappa shape index (κ2) is 9.79. The molecule has 0 aliphatic rings. The van der Waals surface area contributed by atoms with Crippen LogP contribution in [0.15, 0.2) is 0 Å². The molecule has 0 aromatic rings. The first-order valence-electron chi connectivity index (χ1n) is 4.83. The number of rotatable bonds is 8. The van der Waals surface area contributed by atoms with Crippen LogP contribution in [0.25, 0.3) is 0 Å². The molecule has 12 heavy (non-hydrogen) atoms. The van der Waals surface area contributed by atoms with Gasteiger partial charge in [-0.3, -0.25) is 0 Å². The van der Waals surface area contributed by atoms with E-state index in [1.54, 1.807) is 0 Å². The van der Waals surface area contributed by atoms with Crippen LogP contribution < -0.4 is 0 Å². The minimum atomic E-state index is 0.990. The molecule has 0 spiro atoms. The van der Waals surface area contributed by atoms with Gasteiger partial charge < -0.3 is 0 Å². The van der Waals surface area contributed by atoms with Gasteiger partial charge >= 0.3 is 0 Å². The lowest BCUT2D eigenvalue weighted by Gasteiger charge is -2.12. The molecule has 0 bridgehead atoms. The molecule has 0 heterocycles. The fourth-order valence-corrected chi connectivity index (χ4v) is 2.38. The van der Waals surface area contributed by atoms with Gasteiger partial charge in [0, 0.05) is 0 Å². The van der Waals surface area contributed by atoms with E-state index >= 15 is 0 Å². The zero-order chi connectivity index (χ0) is 9.23. The zero-order valence-electron chi connectivity index (χ0n) is 8.64. The van der Waals surface area contributed by atoms with E-state index in [1.165, 1.54) is 37.2 Å². The van der Waals surface area contributed by atoms with Gasteiger partial charge in [0.05, 0.1) is 0 Å². The summed E-state index contributed by atoms with van der Waals surface area (Å²) in [6.45, 7) is 2.32. The normalized spacial score (nSPS) is 13.2. The second-order valence-electron chi connectivity index (χ2n) is 3.19. The first kappa shape index (κ1) is 12.7. The Morgan fingerprint density at radius 1 is 1.00 bits per heavy atom. The maximum absolute atomic E-state index is 2.32. The van der Waals surface area contributed by atoms with Crippen molar-refractivity contribution in [1.82, 2.24) is 0 Å². The average Bonchev–Trinajstić information content (AvgIpc) is 2.11. The molecule has 1 unspecified atom stereocenters. The largest absolute Gasteiger partial charge is 0.165 e. The molecule has 1 atom stereocenters. The van der Waals surface area contributed by atoms with E-state index in [9.17, 15) is 0 Å². The fraction of sp³-hybridized carbons (Fsp3) is 1.00. The standard InChI is InChI=1S/C10H22S2/c1-4-10(7-9-12-3)6-5-8-11-2/h10H,4-9H2,1-3H3. The van der Waals surface area contributed by atoms with Gasteiger partial charge in [0.2, 0.25) is 0 Å². The van der Waals surface area contributed by atoms with Crippen molar-refractivity contribution in [2.75, 3.05) is 24.0 Å². The van der Waals surface area contributed by atoms with Gasteiger partial charge in [-0.05, 0) is 49.2 Å². The summed E-state index contributed by atoms with van der Waals surface area (Å²) in [4.78, 5) is 0. The zero-order valence-corrected chi connectivity index (χ0v) is 10.3. The van der Waals surface area contributed by atoms with Crippen LogP contribution in [-0.2, 0) is 0 Å². The van der Waals surface area contributed by atoms with E-state index in [0.717, 1.165) is 5.92 Å². The lowest BCUT2D eigenvalue weighted by atomic mass is 9.98. The summed E-state index contributed by atoms with van der Waals surface area (Å²) in [5.74, 6) is 3.68. The van der Waals surface area contributed by atoms with Crippen LogP contribution in [0.3, 0.4) is 0 Å². The molecule has 0 fully saturated rings. The number of hydrogen-bond acceptors (Lipinski definition) is 2. The van der Waals surface area contributed by atoms with Crippen molar-refractivity contribution in [3.63, 3.8) is 0 Å². The summed E-state index contributed by atoms with van der Waals surface area (Å²) in [5, 5.41) is 0. The van der Waals surface area contributed by atoms with Crippen LogP contribution in [0.5, 0.6) is 0 Å². The quantitative estimate of drug-likeness (QED) is 0.552.